The average molecular weight is 549 g/mol. The van der Waals surface area contributed by atoms with Crippen LogP contribution in [0.15, 0.2) is 60.7 Å². The van der Waals surface area contributed by atoms with E-state index in [2.05, 4.69) is 0 Å². The van der Waals surface area contributed by atoms with Gasteiger partial charge >= 0.3 is 5.97 Å². The molecule has 4 rings (SSSR count). The minimum atomic E-state index is -1.21. The van der Waals surface area contributed by atoms with Gasteiger partial charge in [-0.05, 0) is 88.7 Å². The number of aliphatic carboxylic acids is 1. The van der Waals surface area contributed by atoms with Crippen LogP contribution in [0.1, 0.15) is 76.0 Å². The second-order valence-electron chi connectivity index (χ2n) is 11.7. The van der Waals surface area contributed by atoms with Gasteiger partial charge in [-0.3, -0.25) is 4.79 Å². The van der Waals surface area contributed by atoms with Gasteiger partial charge in [-0.2, -0.15) is 0 Å². The number of hydrogen-bond donors (Lipinski definition) is 2. The SMILES string of the molecule is COc1ccc(F)c(-c2ccc(COc3cccc([C@H](CC(=O)O)CC4CC4)c3)cc2C(O)(C(C)C)C(C)C)c1. The van der Waals surface area contributed by atoms with Crippen molar-refractivity contribution in [1.29, 1.82) is 0 Å². The van der Waals surface area contributed by atoms with Gasteiger partial charge < -0.3 is 19.7 Å². The number of halogens is 1. The average Bonchev–Trinajstić information content (AvgIpc) is 3.75. The molecule has 3 aromatic carbocycles. The van der Waals surface area contributed by atoms with Crippen molar-refractivity contribution >= 4 is 5.97 Å². The highest BCUT2D eigenvalue weighted by Gasteiger charge is 2.39. The summed E-state index contributed by atoms with van der Waals surface area (Å²) >= 11 is 0. The van der Waals surface area contributed by atoms with Crippen molar-refractivity contribution in [2.75, 3.05) is 7.11 Å². The van der Waals surface area contributed by atoms with Gasteiger partial charge in [0.15, 0.2) is 0 Å². The number of carboxylic acids is 1. The van der Waals surface area contributed by atoms with E-state index in [0.717, 1.165) is 17.5 Å². The zero-order valence-corrected chi connectivity index (χ0v) is 24.1. The molecule has 40 heavy (non-hydrogen) atoms. The molecule has 0 heterocycles. The molecule has 1 aliphatic carbocycles. The number of benzene rings is 3. The maximum absolute atomic E-state index is 15.1. The summed E-state index contributed by atoms with van der Waals surface area (Å²) in [5, 5.41) is 21.4. The number of ether oxygens (including phenoxy) is 2. The third kappa shape index (κ3) is 6.67. The van der Waals surface area contributed by atoms with Crippen LogP contribution < -0.4 is 9.47 Å². The summed E-state index contributed by atoms with van der Waals surface area (Å²) in [5.41, 5.74) is 2.23. The van der Waals surface area contributed by atoms with E-state index in [1.807, 2.05) is 70.2 Å². The molecule has 2 N–H and O–H groups in total. The van der Waals surface area contributed by atoms with Gasteiger partial charge in [-0.15, -0.1) is 0 Å². The highest BCUT2D eigenvalue weighted by Crippen LogP contribution is 2.44. The Morgan fingerprint density at radius 1 is 0.975 bits per heavy atom. The molecule has 6 heteroatoms. The smallest absolute Gasteiger partial charge is 0.303 e. The molecule has 214 valence electrons. The molecule has 0 amide bonds. The molecule has 5 nitrogen and oxygen atoms in total. The van der Waals surface area contributed by atoms with Crippen LogP contribution in [0.3, 0.4) is 0 Å². The Morgan fingerprint density at radius 3 is 2.33 bits per heavy atom. The lowest BCUT2D eigenvalue weighted by molar-refractivity contribution is -0.137. The summed E-state index contributed by atoms with van der Waals surface area (Å²) < 4.78 is 26.6. The van der Waals surface area contributed by atoms with Gasteiger partial charge in [-0.1, -0.05) is 64.8 Å². The molecule has 0 saturated heterocycles. The number of hydrogen-bond acceptors (Lipinski definition) is 4. The van der Waals surface area contributed by atoms with Crippen molar-refractivity contribution in [3.63, 3.8) is 0 Å². The molecule has 0 radical (unpaired) electrons. The Labute approximate surface area is 237 Å². The molecular formula is C34H41FO5. The zero-order valence-electron chi connectivity index (χ0n) is 24.1. The van der Waals surface area contributed by atoms with Gasteiger partial charge in [0, 0.05) is 5.56 Å². The Morgan fingerprint density at radius 2 is 1.70 bits per heavy atom. The Balaban J connectivity index is 1.66. The maximum atomic E-state index is 15.1. The van der Waals surface area contributed by atoms with Crippen molar-refractivity contribution in [3.05, 3.63) is 83.2 Å². The molecule has 0 unspecified atom stereocenters. The molecule has 1 aliphatic rings. The fourth-order valence-electron chi connectivity index (χ4n) is 5.70. The van der Waals surface area contributed by atoms with E-state index in [0.29, 0.717) is 34.1 Å². The first-order chi connectivity index (χ1) is 19.0. The molecule has 1 atom stereocenters. The minimum Gasteiger partial charge on any atom is -0.497 e. The fraction of sp³-hybridized carbons (Fsp3) is 0.441. The lowest BCUT2D eigenvalue weighted by Gasteiger charge is -2.38. The van der Waals surface area contributed by atoms with Crippen molar-refractivity contribution in [1.82, 2.24) is 0 Å². The number of carbonyl (C=O) groups is 1. The third-order valence-corrected chi connectivity index (χ3v) is 8.21. The van der Waals surface area contributed by atoms with Crippen molar-refractivity contribution in [3.8, 4) is 22.6 Å². The van der Waals surface area contributed by atoms with Crippen LogP contribution in [0.5, 0.6) is 11.5 Å². The molecule has 1 saturated carbocycles. The molecule has 0 aromatic heterocycles. The van der Waals surface area contributed by atoms with Crippen LogP contribution in [0, 0.1) is 23.6 Å². The minimum absolute atomic E-state index is 0.0377. The quantitative estimate of drug-likeness (QED) is 0.227. The van der Waals surface area contributed by atoms with Crippen LogP contribution in [-0.2, 0) is 17.0 Å². The van der Waals surface area contributed by atoms with Crippen LogP contribution >= 0.6 is 0 Å². The van der Waals surface area contributed by atoms with Crippen LogP contribution in [0.4, 0.5) is 4.39 Å². The van der Waals surface area contributed by atoms with Gasteiger partial charge in [0.1, 0.15) is 23.9 Å². The van der Waals surface area contributed by atoms with E-state index in [9.17, 15) is 15.0 Å². The predicted molar refractivity (Wildman–Crippen MR) is 155 cm³/mol. The summed E-state index contributed by atoms with van der Waals surface area (Å²) in [5.74, 6) is 0.326. The number of methoxy groups -OCH3 is 1. The summed E-state index contributed by atoms with van der Waals surface area (Å²) in [4.78, 5) is 11.5. The van der Waals surface area contributed by atoms with Gasteiger partial charge in [0.05, 0.1) is 19.1 Å². The number of carboxylic acid groups (broad SMARTS) is 1. The van der Waals surface area contributed by atoms with E-state index in [-0.39, 0.29) is 36.6 Å². The van der Waals surface area contributed by atoms with E-state index < -0.39 is 11.6 Å². The van der Waals surface area contributed by atoms with Crippen molar-refractivity contribution in [2.24, 2.45) is 17.8 Å². The van der Waals surface area contributed by atoms with Crippen LogP contribution in [0.2, 0.25) is 0 Å². The second-order valence-corrected chi connectivity index (χ2v) is 11.7. The van der Waals surface area contributed by atoms with Crippen molar-refractivity contribution < 1.29 is 28.9 Å². The second kappa shape index (κ2) is 12.4. The number of aliphatic hydroxyl groups is 1. The van der Waals surface area contributed by atoms with E-state index in [1.54, 1.807) is 19.2 Å². The van der Waals surface area contributed by atoms with Crippen LogP contribution in [-0.4, -0.2) is 23.3 Å². The Kier molecular flexibility index (Phi) is 9.19. The normalized spacial score (nSPS) is 14.4. The summed E-state index contributed by atoms with van der Waals surface area (Å²) in [6.07, 6.45) is 3.33. The highest BCUT2D eigenvalue weighted by atomic mass is 19.1. The third-order valence-electron chi connectivity index (χ3n) is 8.21. The van der Waals surface area contributed by atoms with E-state index in [1.165, 1.54) is 18.9 Å². The topological polar surface area (TPSA) is 76.0 Å². The van der Waals surface area contributed by atoms with E-state index >= 15 is 4.39 Å². The summed E-state index contributed by atoms with van der Waals surface area (Å²) in [6.45, 7) is 8.12. The largest absolute Gasteiger partial charge is 0.497 e. The standard InChI is InChI=1S/C34H41FO5/c1-21(2)34(38,22(3)4)31-16-24(11-13-29(31)30-19-27(39-5)12-14-32(30)35)20-40-28-8-6-7-25(17-28)26(18-33(36)37)15-23-9-10-23/h6-8,11-14,16-17,19,21-23,26,38H,9-10,15,18,20H2,1-5H3,(H,36,37)/t26-/m0/s1. The molecule has 0 aliphatic heterocycles. The zero-order chi connectivity index (χ0) is 29.0. The molecule has 3 aromatic rings. The summed E-state index contributed by atoms with van der Waals surface area (Å²) in [6, 6.07) is 18.0. The lowest BCUT2D eigenvalue weighted by Crippen LogP contribution is -2.38. The first-order valence-corrected chi connectivity index (χ1v) is 14.2. The first kappa shape index (κ1) is 29.6. The van der Waals surface area contributed by atoms with Gasteiger partial charge in [0.2, 0.25) is 0 Å². The molecule has 0 bridgehead atoms. The lowest BCUT2D eigenvalue weighted by atomic mass is 9.72. The van der Waals surface area contributed by atoms with Gasteiger partial charge in [-0.25, -0.2) is 4.39 Å². The molecular weight excluding hydrogens is 507 g/mol. The first-order valence-electron chi connectivity index (χ1n) is 14.2. The van der Waals surface area contributed by atoms with E-state index in [4.69, 9.17) is 9.47 Å². The highest BCUT2D eigenvalue weighted by molar-refractivity contribution is 5.71. The molecule has 1 fully saturated rings. The molecule has 0 spiro atoms. The monoisotopic (exact) mass is 548 g/mol. The number of rotatable bonds is 13. The maximum Gasteiger partial charge on any atom is 0.303 e. The summed E-state index contributed by atoms with van der Waals surface area (Å²) in [7, 11) is 1.54. The predicted octanol–water partition coefficient (Wildman–Crippen LogP) is 7.94. The van der Waals surface area contributed by atoms with Crippen molar-refractivity contribution in [2.45, 2.75) is 71.5 Å². The van der Waals surface area contributed by atoms with Crippen LogP contribution in [0.25, 0.3) is 11.1 Å². The Hall–Kier alpha value is -3.38. The fourth-order valence-corrected chi connectivity index (χ4v) is 5.70. The van der Waals surface area contributed by atoms with Gasteiger partial charge in [0.25, 0.3) is 0 Å². The Bertz CT molecular complexity index is 1320.